The number of carbonyl (C=O) groups excluding carboxylic acids is 6. The standard InChI is InChI=1S/C43H48F2N10O10S/c44-37(45)36-31(47-40(58)30-20-46-53-15-14-33(48-38(30)53)52-21-28-19-27(52)23-65-28)22-54(50-36)26-10-8-25(9-11-26)39(57)51-66(62,63)18-4-17-64-16-2-1-5-24-6-3-7-29-35(24)43(61)55(42(29)60)32-12-13-34(56)49-41(32)59/h3,6-7,14-15,20,22,25-28,32,37H,1-2,4-5,8-13,16-19,21,23H2,(H,47,58)(H,51,57)(H,49,56,59)/t25?,26?,27?,28-,32?/m1/s1. The molecule has 9 rings (SSSR count). The number of fused-ring (bicyclic) bond motifs is 4. The van der Waals surface area contributed by atoms with Gasteiger partial charge in [-0.15, -0.1) is 0 Å². The highest BCUT2D eigenvalue weighted by atomic mass is 32.2. The van der Waals surface area contributed by atoms with Crippen LogP contribution in [-0.4, -0.2) is 123 Å². The lowest BCUT2D eigenvalue weighted by Gasteiger charge is -2.27. The van der Waals surface area contributed by atoms with E-state index in [1.54, 1.807) is 24.4 Å². The summed E-state index contributed by atoms with van der Waals surface area (Å²) < 4.78 is 70.3. The summed E-state index contributed by atoms with van der Waals surface area (Å²) in [6.45, 7) is 1.71. The van der Waals surface area contributed by atoms with Crippen LogP contribution in [0.4, 0.5) is 20.3 Å². The van der Waals surface area contributed by atoms with Crippen molar-refractivity contribution in [2.75, 3.05) is 42.3 Å². The van der Waals surface area contributed by atoms with E-state index >= 15 is 0 Å². The van der Waals surface area contributed by atoms with Crippen molar-refractivity contribution in [1.29, 1.82) is 0 Å². The lowest BCUT2D eigenvalue weighted by molar-refractivity contribution is -0.136. The van der Waals surface area contributed by atoms with Gasteiger partial charge >= 0.3 is 0 Å². The zero-order chi connectivity index (χ0) is 46.3. The summed E-state index contributed by atoms with van der Waals surface area (Å²) >= 11 is 0. The number of imide groups is 2. The number of aryl methyl sites for hydroxylation is 1. The zero-order valence-corrected chi connectivity index (χ0v) is 36.5. The van der Waals surface area contributed by atoms with E-state index in [-0.39, 0.29) is 90.7 Å². The van der Waals surface area contributed by atoms with Gasteiger partial charge in [-0.3, -0.25) is 48.4 Å². The third-order valence-corrected chi connectivity index (χ3v) is 14.3. The molecular formula is C43H48F2N10O10S. The number of morpholine rings is 1. The number of anilines is 2. The van der Waals surface area contributed by atoms with E-state index in [0.29, 0.717) is 63.2 Å². The van der Waals surface area contributed by atoms with Crippen LogP contribution >= 0.6 is 0 Å². The molecule has 4 aromatic rings. The number of hydrogen-bond donors (Lipinski definition) is 3. The molecule has 350 valence electrons. The van der Waals surface area contributed by atoms with Crippen molar-refractivity contribution in [3.63, 3.8) is 0 Å². The van der Waals surface area contributed by atoms with E-state index < -0.39 is 69.5 Å². The van der Waals surface area contributed by atoms with Crippen LogP contribution in [0.15, 0.2) is 42.9 Å². The zero-order valence-electron chi connectivity index (χ0n) is 35.7. The molecule has 1 saturated carbocycles. The lowest BCUT2D eigenvalue weighted by Crippen LogP contribution is -2.54. The van der Waals surface area contributed by atoms with Crippen LogP contribution < -0.4 is 20.3 Å². The maximum atomic E-state index is 14.2. The molecule has 3 atom stereocenters. The van der Waals surface area contributed by atoms with Crippen molar-refractivity contribution in [1.82, 2.24) is 39.3 Å². The molecule has 2 unspecified atom stereocenters. The first-order valence-electron chi connectivity index (χ1n) is 22.1. The van der Waals surface area contributed by atoms with Crippen molar-refractivity contribution < 1.29 is 55.4 Å². The minimum Gasteiger partial charge on any atom is -0.381 e. The number of nitrogens with zero attached hydrogens (tertiary/aromatic N) is 7. The molecule has 20 nitrogen and oxygen atoms in total. The van der Waals surface area contributed by atoms with Crippen molar-refractivity contribution >= 4 is 62.6 Å². The van der Waals surface area contributed by atoms with Gasteiger partial charge in [0.05, 0.1) is 53.6 Å². The number of sulfonamides is 1. The molecule has 23 heteroatoms. The first kappa shape index (κ1) is 45.0. The van der Waals surface area contributed by atoms with Gasteiger partial charge in [0.25, 0.3) is 24.1 Å². The summed E-state index contributed by atoms with van der Waals surface area (Å²) in [5.41, 5.74) is 0.718. The Kier molecular flexibility index (Phi) is 12.7. The molecule has 2 bridgehead atoms. The van der Waals surface area contributed by atoms with E-state index in [4.69, 9.17) is 9.47 Å². The molecule has 3 N–H and O–H groups in total. The van der Waals surface area contributed by atoms with Gasteiger partial charge in [-0.2, -0.15) is 10.2 Å². The molecule has 1 aromatic carbocycles. The number of nitrogens with one attached hydrogen (secondary N) is 3. The highest BCUT2D eigenvalue weighted by molar-refractivity contribution is 7.90. The van der Waals surface area contributed by atoms with Gasteiger partial charge < -0.3 is 19.7 Å². The highest BCUT2D eigenvalue weighted by Gasteiger charge is 2.45. The van der Waals surface area contributed by atoms with E-state index in [0.717, 1.165) is 11.3 Å². The molecule has 4 fully saturated rings. The second-order valence-electron chi connectivity index (χ2n) is 17.3. The molecule has 4 aliphatic heterocycles. The normalized spacial score (nSPS) is 23.0. The average Bonchev–Trinajstić information content (AvgIpc) is 4.14. The predicted molar refractivity (Wildman–Crippen MR) is 228 cm³/mol. The summed E-state index contributed by atoms with van der Waals surface area (Å²) in [4.78, 5) is 84.7. The number of benzene rings is 1. The molecule has 0 spiro atoms. The SMILES string of the molecule is O=C1CCC(N2C(=O)c3cccc(CCCCOCCCS(=O)(=O)NC(=O)C4CCC(n5cc(NC(=O)c6cnn7ccc(N8C[C@H]9CC8CO9)nc67)c(C(F)F)n5)CC4)c3C2=O)C(=O)N1. The van der Waals surface area contributed by atoms with Gasteiger partial charge in [0.1, 0.15) is 17.4 Å². The number of unbranched alkanes of at least 4 members (excludes halogenated alkanes) is 1. The monoisotopic (exact) mass is 934 g/mol. The fraction of sp³-hybridized carbons (Fsp3) is 0.512. The molecule has 0 radical (unpaired) electrons. The van der Waals surface area contributed by atoms with Gasteiger partial charge in [0, 0.05) is 44.5 Å². The fourth-order valence-corrected chi connectivity index (χ4v) is 10.6. The smallest absolute Gasteiger partial charge is 0.284 e. The van der Waals surface area contributed by atoms with Crippen LogP contribution in [0.5, 0.6) is 0 Å². The van der Waals surface area contributed by atoms with Gasteiger partial charge in [0.15, 0.2) is 11.3 Å². The Morgan fingerprint density at radius 2 is 1.79 bits per heavy atom. The summed E-state index contributed by atoms with van der Waals surface area (Å²) in [7, 11) is -3.97. The average molecular weight is 935 g/mol. The van der Waals surface area contributed by atoms with E-state index in [1.165, 1.54) is 21.6 Å². The Hall–Kier alpha value is -6.20. The number of ether oxygens (including phenoxy) is 2. The first-order chi connectivity index (χ1) is 31.7. The predicted octanol–water partition coefficient (Wildman–Crippen LogP) is 3.10. The number of amides is 6. The Labute approximate surface area is 376 Å². The lowest BCUT2D eigenvalue weighted by atomic mass is 9.86. The van der Waals surface area contributed by atoms with E-state index in [9.17, 15) is 46.0 Å². The van der Waals surface area contributed by atoms with Gasteiger partial charge in [-0.25, -0.2) is 26.7 Å². The van der Waals surface area contributed by atoms with Crippen molar-refractivity contribution in [3.05, 3.63) is 70.8 Å². The van der Waals surface area contributed by atoms with Crippen molar-refractivity contribution in [2.24, 2.45) is 5.92 Å². The van der Waals surface area contributed by atoms with Crippen LogP contribution in [0.3, 0.4) is 0 Å². The molecule has 3 saturated heterocycles. The minimum absolute atomic E-state index is 0.0283. The third kappa shape index (κ3) is 9.14. The number of piperidine rings is 1. The molecular weight excluding hydrogens is 887 g/mol. The summed E-state index contributed by atoms with van der Waals surface area (Å²) in [6.07, 6.45) is 5.55. The number of hydrogen-bond acceptors (Lipinski definition) is 14. The van der Waals surface area contributed by atoms with E-state index in [2.05, 4.69) is 35.4 Å². The van der Waals surface area contributed by atoms with E-state index in [1.807, 2.05) is 6.07 Å². The fourth-order valence-electron chi connectivity index (χ4n) is 9.56. The topological polar surface area (TPSA) is 246 Å². The maximum absolute atomic E-state index is 14.2. The van der Waals surface area contributed by atoms with Gasteiger partial charge in [0.2, 0.25) is 27.7 Å². The Morgan fingerprint density at radius 1 is 0.985 bits per heavy atom. The van der Waals surface area contributed by atoms with Gasteiger partial charge in [-0.1, -0.05) is 12.1 Å². The Morgan fingerprint density at radius 3 is 2.53 bits per heavy atom. The molecule has 6 amide bonds. The summed E-state index contributed by atoms with van der Waals surface area (Å²) in [5.74, 6) is -3.87. The number of rotatable bonds is 17. The number of carbonyl (C=O) groups is 6. The first-order valence-corrected chi connectivity index (χ1v) is 23.8. The second kappa shape index (κ2) is 18.6. The third-order valence-electron chi connectivity index (χ3n) is 12.9. The second-order valence-corrected chi connectivity index (χ2v) is 19.1. The van der Waals surface area contributed by atoms with Crippen LogP contribution in [-0.2, 0) is 40.3 Å². The van der Waals surface area contributed by atoms with Crippen LogP contribution in [0.1, 0.15) is 119 Å². The Bertz CT molecular complexity index is 2700. The molecule has 7 heterocycles. The summed E-state index contributed by atoms with van der Waals surface area (Å²) in [6, 6.07) is 5.54. The van der Waals surface area contributed by atoms with Crippen molar-refractivity contribution in [3.8, 4) is 0 Å². The number of halogens is 2. The number of alkyl halides is 2. The maximum Gasteiger partial charge on any atom is 0.284 e. The molecule has 66 heavy (non-hydrogen) atoms. The highest BCUT2D eigenvalue weighted by Crippen LogP contribution is 2.36. The largest absolute Gasteiger partial charge is 0.381 e. The minimum atomic E-state index is -3.97. The number of aromatic nitrogens is 5. The van der Waals surface area contributed by atoms with Crippen molar-refractivity contribution in [2.45, 2.75) is 101 Å². The van der Waals surface area contributed by atoms with Crippen LogP contribution in [0.2, 0.25) is 0 Å². The molecule has 5 aliphatic rings. The quantitative estimate of drug-likeness (QED) is 0.102. The molecule has 3 aromatic heterocycles. The van der Waals surface area contributed by atoms with Gasteiger partial charge in [-0.05, 0) is 81.9 Å². The summed E-state index contributed by atoms with van der Waals surface area (Å²) in [5, 5.41) is 13.1. The van der Waals surface area contributed by atoms with Crippen LogP contribution in [0.25, 0.3) is 5.65 Å². The molecule has 1 aliphatic carbocycles. The Balaban J connectivity index is 0.699. The van der Waals surface area contributed by atoms with Crippen LogP contribution in [0, 0.1) is 5.92 Å².